The van der Waals surface area contributed by atoms with E-state index in [1.54, 1.807) is 36.4 Å². The van der Waals surface area contributed by atoms with E-state index in [9.17, 15) is 18.0 Å². The number of para-hydroxylation sites is 1. The van der Waals surface area contributed by atoms with Crippen molar-refractivity contribution in [3.8, 4) is 11.5 Å². The molecule has 158 valence electrons. The van der Waals surface area contributed by atoms with Crippen LogP contribution >= 0.6 is 11.8 Å². The summed E-state index contributed by atoms with van der Waals surface area (Å²) in [7, 11) is 0. The molecular formula is C22H15F3N2O3S. The van der Waals surface area contributed by atoms with E-state index in [2.05, 4.69) is 9.98 Å². The monoisotopic (exact) mass is 444 g/mol. The first-order valence-electron chi connectivity index (χ1n) is 9.12. The SMILES string of the molecule is O=C(OC1(C(F)(F)F)CSC(c2cccnc2)=N1)c1ccc(Oc2ccccc2)cc1. The smallest absolute Gasteiger partial charge is 0.451 e. The second-order valence-electron chi connectivity index (χ2n) is 6.56. The lowest BCUT2D eigenvalue weighted by atomic mass is 10.2. The maximum atomic E-state index is 13.9. The second kappa shape index (κ2) is 8.43. The number of alkyl halides is 3. The van der Waals surface area contributed by atoms with Crippen LogP contribution in [-0.2, 0) is 4.74 Å². The predicted octanol–water partition coefficient (Wildman–Crippen LogP) is 5.48. The third-order valence-corrected chi connectivity index (χ3v) is 5.50. The summed E-state index contributed by atoms with van der Waals surface area (Å²) in [5.41, 5.74) is -2.57. The lowest BCUT2D eigenvalue weighted by Gasteiger charge is -2.27. The van der Waals surface area contributed by atoms with E-state index in [4.69, 9.17) is 9.47 Å². The van der Waals surface area contributed by atoms with Crippen molar-refractivity contribution >= 4 is 22.8 Å². The number of carbonyl (C=O) groups excluding carboxylic acids is 1. The molecule has 0 amide bonds. The first-order valence-corrected chi connectivity index (χ1v) is 10.1. The van der Waals surface area contributed by atoms with E-state index in [1.807, 2.05) is 6.07 Å². The second-order valence-corrected chi connectivity index (χ2v) is 7.52. The normalized spacial score (nSPS) is 18.4. The van der Waals surface area contributed by atoms with Crippen LogP contribution in [0.4, 0.5) is 13.2 Å². The molecule has 1 aromatic heterocycles. The van der Waals surface area contributed by atoms with Crippen molar-refractivity contribution in [3.05, 3.63) is 90.3 Å². The van der Waals surface area contributed by atoms with Gasteiger partial charge in [0, 0.05) is 18.0 Å². The van der Waals surface area contributed by atoms with Crippen molar-refractivity contribution < 1.29 is 27.4 Å². The zero-order valence-corrected chi connectivity index (χ0v) is 16.7. The molecule has 0 saturated heterocycles. The molecule has 9 heteroatoms. The molecule has 0 fully saturated rings. The largest absolute Gasteiger partial charge is 0.457 e. The zero-order chi connectivity index (χ0) is 21.9. The number of rotatable bonds is 5. The maximum absolute atomic E-state index is 13.9. The van der Waals surface area contributed by atoms with Gasteiger partial charge >= 0.3 is 17.9 Å². The Bertz CT molecular complexity index is 1090. The summed E-state index contributed by atoms with van der Waals surface area (Å²) in [6, 6.07) is 17.8. The van der Waals surface area contributed by atoms with Crippen LogP contribution in [0.2, 0.25) is 0 Å². The molecule has 31 heavy (non-hydrogen) atoms. The number of aromatic nitrogens is 1. The fraction of sp³-hybridized carbons (Fsp3) is 0.136. The van der Waals surface area contributed by atoms with E-state index in [-0.39, 0.29) is 10.6 Å². The molecule has 0 radical (unpaired) electrons. The van der Waals surface area contributed by atoms with Gasteiger partial charge in [0.15, 0.2) is 0 Å². The molecule has 1 unspecified atom stereocenters. The standard InChI is InChI=1S/C22H15F3N2O3S/c23-22(24,25)21(14-31-19(27-21)16-5-4-12-26-13-16)30-20(28)15-8-10-18(11-9-15)29-17-6-2-1-3-7-17/h1-13H,14H2. The Kier molecular flexibility index (Phi) is 5.69. The number of halogens is 3. The predicted molar refractivity (Wildman–Crippen MR) is 110 cm³/mol. The lowest BCUT2D eigenvalue weighted by molar-refractivity contribution is -0.245. The van der Waals surface area contributed by atoms with Crippen molar-refractivity contribution in [2.75, 3.05) is 5.75 Å². The van der Waals surface area contributed by atoms with Crippen LogP contribution in [0.3, 0.4) is 0 Å². The highest BCUT2D eigenvalue weighted by Gasteiger charge is 2.61. The molecule has 0 spiro atoms. The van der Waals surface area contributed by atoms with Gasteiger partial charge in [0.25, 0.3) is 0 Å². The molecule has 2 aromatic carbocycles. The van der Waals surface area contributed by atoms with Crippen molar-refractivity contribution in [2.24, 2.45) is 4.99 Å². The highest BCUT2D eigenvalue weighted by molar-refractivity contribution is 8.14. The topological polar surface area (TPSA) is 60.8 Å². The van der Waals surface area contributed by atoms with Gasteiger partial charge in [-0.05, 0) is 48.5 Å². The van der Waals surface area contributed by atoms with Crippen LogP contribution in [0.15, 0.2) is 84.1 Å². The molecule has 0 saturated carbocycles. The number of hydrogen-bond donors (Lipinski definition) is 0. The van der Waals surface area contributed by atoms with Crippen LogP contribution in [0, 0.1) is 0 Å². The van der Waals surface area contributed by atoms with Crippen molar-refractivity contribution in [1.29, 1.82) is 0 Å². The molecular weight excluding hydrogens is 429 g/mol. The fourth-order valence-corrected chi connectivity index (χ4v) is 3.90. The molecule has 0 bridgehead atoms. The quantitative estimate of drug-likeness (QED) is 0.488. The van der Waals surface area contributed by atoms with Gasteiger partial charge < -0.3 is 9.47 Å². The van der Waals surface area contributed by atoms with Crippen LogP contribution in [0.5, 0.6) is 11.5 Å². The molecule has 1 aliphatic rings. The Morgan fingerprint density at radius 1 is 0.968 bits per heavy atom. The van der Waals surface area contributed by atoms with Crippen molar-refractivity contribution in [1.82, 2.24) is 4.98 Å². The fourth-order valence-electron chi connectivity index (χ4n) is 2.78. The molecule has 0 aliphatic carbocycles. The zero-order valence-electron chi connectivity index (χ0n) is 15.9. The molecule has 4 rings (SSSR count). The van der Waals surface area contributed by atoms with Crippen LogP contribution in [-0.4, -0.2) is 33.7 Å². The average Bonchev–Trinajstić information content (AvgIpc) is 3.21. The van der Waals surface area contributed by atoms with Gasteiger partial charge in [-0.25, -0.2) is 9.79 Å². The number of thioether (sulfide) groups is 1. The van der Waals surface area contributed by atoms with Crippen LogP contribution in [0.25, 0.3) is 0 Å². The van der Waals surface area contributed by atoms with E-state index in [1.165, 1.54) is 36.7 Å². The molecule has 1 aliphatic heterocycles. The average molecular weight is 444 g/mol. The number of nitrogens with zero attached hydrogens (tertiary/aromatic N) is 2. The van der Waals surface area contributed by atoms with E-state index < -0.39 is 23.6 Å². The van der Waals surface area contributed by atoms with Gasteiger partial charge in [0.05, 0.1) is 11.3 Å². The van der Waals surface area contributed by atoms with Gasteiger partial charge in [-0.15, -0.1) is 0 Å². The number of ether oxygens (including phenoxy) is 2. The van der Waals surface area contributed by atoms with Crippen LogP contribution in [0.1, 0.15) is 15.9 Å². The third-order valence-electron chi connectivity index (χ3n) is 4.37. The molecule has 0 N–H and O–H groups in total. The Morgan fingerprint density at radius 3 is 2.32 bits per heavy atom. The minimum Gasteiger partial charge on any atom is -0.457 e. The van der Waals surface area contributed by atoms with Gasteiger partial charge in [0.1, 0.15) is 16.5 Å². The number of aliphatic imine (C=N–C) groups is 1. The Labute approximate surface area is 179 Å². The number of benzene rings is 2. The molecule has 3 aromatic rings. The number of hydrogen-bond acceptors (Lipinski definition) is 6. The summed E-state index contributed by atoms with van der Waals surface area (Å²) in [6.07, 6.45) is -1.96. The molecule has 5 nitrogen and oxygen atoms in total. The van der Waals surface area contributed by atoms with Gasteiger partial charge in [-0.2, -0.15) is 13.2 Å². The van der Waals surface area contributed by atoms with Gasteiger partial charge in [0.2, 0.25) is 0 Å². The summed E-state index contributed by atoms with van der Waals surface area (Å²) in [4.78, 5) is 20.1. The summed E-state index contributed by atoms with van der Waals surface area (Å²) < 4.78 is 52.1. The minimum absolute atomic E-state index is 0.0425. The lowest BCUT2D eigenvalue weighted by Crippen LogP contribution is -2.48. The highest BCUT2D eigenvalue weighted by Crippen LogP contribution is 2.44. The number of pyridine rings is 1. The summed E-state index contributed by atoms with van der Waals surface area (Å²) >= 11 is 0.863. The van der Waals surface area contributed by atoms with E-state index in [0.29, 0.717) is 17.1 Å². The molecule has 1 atom stereocenters. The maximum Gasteiger partial charge on any atom is 0.451 e. The first-order chi connectivity index (χ1) is 14.9. The highest BCUT2D eigenvalue weighted by atomic mass is 32.2. The summed E-state index contributed by atoms with van der Waals surface area (Å²) in [5, 5.41) is 0.116. The van der Waals surface area contributed by atoms with Gasteiger partial charge in [-0.1, -0.05) is 30.0 Å². The number of carbonyl (C=O) groups is 1. The van der Waals surface area contributed by atoms with E-state index >= 15 is 0 Å². The van der Waals surface area contributed by atoms with E-state index in [0.717, 1.165) is 11.8 Å². The van der Waals surface area contributed by atoms with Crippen molar-refractivity contribution in [2.45, 2.75) is 11.9 Å². The number of esters is 1. The van der Waals surface area contributed by atoms with Crippen molar-refractivity contribution in [3.63, 3.8) is 0 Å². The van der Waals surface area contributed by atoms with Gasteiger partial charge in [-0.3, -0.25) is 4.98 Å². The Balaban J connectivity index is 1.53. The molecule has 2 heterocycles. The van der Waals surface area contributed by atoms with Crippen LogP contribution < -0.4 is 4.74 Å². The minimum atomic E-state index is -4.88. The Morgan fingerprint density at radius 2 is 1.68 bits per heavy atom. The first kappa shape index (κ1) is 20.9. The summed E-state index contributed by atoms with van der Waals surface area (Å²) in [5.74, 6) is -0.669. The third kappa shape index (κ3) is 4.56. The summed E-state index contributed by atoms with van der Waals surface area (Å²) in [6.45, 7) is 0. The Hall–Kier alpha value is -3.33.